The van der Waals surface area contributed by atoms with Crippen LogP contribution in [-0.2, 0) is 4.79 Å². The summed E-state index contributed by atoms with van der Waals surface area (Å²) in [5, 5.41) is 9.25. The lowest BCUT2D eigenvalue weighted by Gasteiger charge is -2.26. The van der Waals surface area contributed by atoms with Gasteiger partial charge >= 0.3 is 0 Å². The van der Waals surface area contributed by atoms with E-state index < -0.39 is 6.10 Å². The number of aryl methyl sites for hydroxylation is 1. The van der Waals surface area contributed by atoms with Gasteiger partial charge in [-0.3, -0.25) is 4.79 Å². The van der Waals surface area contributed by atoms with Crippen LogP contribution in [0.5, 0.6) is 5.75 Å². The largest absolute Gasteiger partial charge is 0.481 e. The first kappa shape index (κ1) is 13.9. The third-order valence-electron chi connectivity index (χ3n) is 3.55. The van der Waals surface area contributed by atoms with Gasteiger partial charge < -0.3 is 14.7 Å². The van der Waals surface area contributed by atoms with Crippen molar-refractivity contribution in [2.75, 3.05) is 13.2 Å². The van der Waals surface area contributed by atoms with Crippen LogP contribution in [0.2, 0.25) is 0 Å². The van der Waals surface area contributed by atoms with Crippen LogP contribution in [0.1, 0.15) is 25.3 Å². The Morgan fingerprint density at radius 2 is 2.16 bits per heavy atom. The summed E-state index contributed by atoms with van der Waals surface area (Å²) in [6, 6.07) is 7.61. The van der Waals surface area contributed by atoms with Gasteiger partial charge in [0.2, 0.25) is 0 Å². The van der Waals surface area contributed by atoms with Crippen LogP contribution in [0.4, 0.5) is 0 Å². The summed E-state index contributed by atoms with van der Waals surface area (Å²) >= 11 is 0. The molecular weight excluding hydrogens is 242 g/mol. The molecule has 0 spiro atoms. The average Bonchev–Trinajstić information content (AvgIpc) is 2.88. The van der Waals surface area contributed by atoms with Gasteiger partial charge in [0, 0.05) is 6.54 Å². The topological polar surface area (TPSA) is 49.8 Å². The van der Waals surface area contributed by atoms with Crippen molar-refractivity contribution in [3.63, 3.8) is 0 Å². The molecule has 1 heterocycles. The van der Waals surface area contributed by atoms with E-state index in [0.29, 0.717) is 12.3 Å². The highest BCUT2D eigenvalue weighted by atomic mass is 16.5. The van der Waals surface area contributed by atoms with Gasteiger partial charge in [0.1, 0.15) is 5.75 Å². The average molecular weight is 263 g/mol. The number of ether oxygens (including phenoxy) is 1. The van der Waals surface area contributed by atoms with Crippen molar-refractivity contribution >= 4 is 5.91 Å². The van der Waals surface area contributed by atoms with E-state index in [9.17, 15) is 9.90 Å². The van der Waals surface area contributed by atoms with E-state index in [1.165, 1.54) is 0 Å². The van der Waals surface area contributed by atoms with E-state index >= 15 is 0 Å². The molecule has 1 aliphatic heterocycles. The molecule has 1 saturated heterocycles. The summed E-state index contributed by atoms with van der Waals surface area (Å²) in [5.74, 6) is 0.656. The van der Waals surface area contributed by atoms with E-state index in [1.54, 1.807) is 11.8 Å². The molecule has 2 atom stereocenters. The quantitative estimate of drug-likeness (QED) is 0.900. The highest BCUT2D eigenvalue weighted by Gasteiger charge is 2.31. The molecule has 0 aromatic heterocycles. The smallest absolute Gasteiger partial charge is 0.263 e. The number of hydrogen-bond acceptors (Lipinski definition) is 3. The molecule has 19 heavy (non-hydrogen) atoms. The second-order valence-electron chi connectivity index (χ2n) is 5.08. The number of hydrogen-bond donors (Lipinski definition) is 1. The molecule has 1 fully saturated rings. The van der Waals surface area contributed by atoms with Gasteiger partial charge in [-0.05, 0) is 38.8 Å². The third-order valence-corrected chi connectivity index (χ3v) is 3.55. The Balaban J connectivity index is 1.97. The molecule has 1 N–H and O–H groups in total. The maximum atomic E-state index is 12.3. The van der Waals surface area contributed by atoms with E-state index in [2.05, 4.69) is 0 Å². The summed E-state index contributed by atoms with van der Waals surface area (Å²) < 4.78 is 5.66. The van der Waals surface area contributed by atoms with Gasteiger partial charge in [-0.15, -0.1) is 0 Å². The first-order valence-electron chi connectivity index (χ1n) is 6.76. The molecule has 1 aliphatic rings. The monoisotopic (exact) mass is 263 g/mol. The lowest BCUT2D eigenvalue weighted by atomic mass is 10.2. The van der Waals surface area contributed by atoms with Gasteiger partial charge in [-0.2, -0.15) is 0 Å². The normalized spacial score (nSPS) is 20.4. The zero-order chi connectivity index (χ0) is 13.8. The maximum absolute atomic E-state index is 12.3. The van der Waals surface area contributed by atoms with E-state index in [4.69, 9.17) is 4.74 Å². The summed E-state index contributed by atoms with van der Waals surface area (Å²) in [6.07, 6.45) is 1.31. The van der Waals surface area contributed by atoms with Crippen LogP contribution in [-0.4, -0.2) is 41.2 Å². The highest BCUT2D eigenvalue weighted by Crippen LogP contribution is 2.20. The molecule has 104 valence electrons. The highest BCUT2D eigenvalue weighted by molar-refractivity contribution is 5.81. The first-order valence-corrected chi connectivity index (χ1v) is 6.76. The minimum absolute atomic E-state index is 0.0307. The number of benzene rings is 1. The fraction of sp³-hybridized carbons (Fsp3) is 0.533. The Labute approximate surface area is 114 Å². The van der Waals surface area contributed by atoms with Gasteiger partial charge in [0.25, 0.3) is 5.91 Å². The summed E-state index contributed by atoms with van der Waals surface area (Å²) in [6.45, 7) is 4.51. The predicted octanol–water partition coefficient (Wildman–Crippen LogP) is 1.75. The Bertz CT molecular complexity index is 430. The number of carbonyl (C=O) groups excluding carboxylic acids is 1. The van der Waals surface area contributed by atoms with Gasteiger partial charge in [0.05, 0.1) is 12.6 Å². The van der Waals surface area contributed by atoms with E-state index in [0.717, 1.165) is 18.4 Å². The van der Waals surface area contributed by atoms with Crippen LogP contribution in [0, 0.1) is 6.92 Å². The minimum atomic E-state index is -0.519. The zero-order valence-corrected chi connectivity index (χ0v) is 11.5. The Morgan fingerprint density at radius 3 is 2.79 bits per heavy atom. The molecule has 4 heteroatoms. The van der Waals surface area contributed by atoms with Crippen molar-refractivity contribution in [1.29, 1.82) is 0 Å². The number of likely N-dealkylation sites (tertiary alicyclic amines) is 1. The zero-order valence-electron chi connectivity index (χ0n) is 11.5. The van der Waals surface area contributed by atoms with Crippen LogP contribution in [0.15, 0.2) is 24.3 Å². The molecule has 1 aromatic carbocycles. The van der Waals surface area contributed by atoms with Crippen LogP contribution >= 0.6 is 0 Å². The van der Waals surface area contributed by atoms with E-state index in [-0.39, 0.29) is 18.6 Å². The molecule has 4 nitrogen and oxygen atoms in total. The lowest BCUT2D eigenvalue weighted by molar-refractivity contribution is -0.139. The van der Waals surface area contributed by atoms with Crippen molar-refractivity contribution in [1.82, 2.24) is 4.90 Å². The number of aliphatic hydroxyl groups excluding tert-OH is 1. The SMILES string of the molecule is Cc1ccc(OC(C)C(=O)N2CCC[C@H]2CO)cc1. The standard InChI is InChI=1S/C15H21NO3/c1-11-5-7-14(8-6-11)19-12(2)15(18)16-9-3-4-13(16)10-17/h5-8,12-13,17H,3-4,9-10H2,1-2H3/t12?,13-/m0/s1. The van der Waals surface area contributed by atoms with Gasteiger partial charge in [-0.25, -0.2) is 0 Å². The molecular formula is C15H21NO3. The molecule has 0 radical (unpaired) electrons. The number of amides is 1. The Hall–Kier alpha value is -1.55. The predicted molar refractivity (Wildman–Crippen MR) is 73.1 cm³/mol. The van der Waals surface area contributed by atoms with Crippen molar-refractivity contribution in [3.05, 3.63) is 29.8 Å². The molecule has 1 unspecified atom stereocenters. The Kier molecular flexibility index (Phi) is 4.43. The van der Waals surface area contributed by atoms with E-state index in [1.807, 2.05) is 31.2 Å². The molecule has 1 amide bonds. The maximum Gasteiger partial charge on any atom is 0.263 e. The number of nitrogens with zero attached hydrogens (tertiary/aromatic N) is 1. The number of carbonyl (C=O) groups is 1. The number of aliphatic hydroxyl groups is 1. The van der Waals surface area contributed by atoms with Gasteiger partial charge in [-0.1, -0.05) is 17.7 Å². The molecule has 1 aromatic rings. The number of rotatable bonds is 4. The summed E-state index contributed by atoms with van der Waals surface area (Å²) in [5.41, 5.74) is 1.16. The minimum Gasteiger partial charge on any atom is -0.481 e. The first-order chi connectivity index (χ1) is 9.11. The van der Waals surface area contributed by atoms with Crippen molar-refractivity contribution < 1.29 is 14.6 Å². The second-order valence-corrected chi connectivity index (χ2v) is 5.08. The summed E-state index contributed by atoms with van der Waals surface area (Å²) in [4.78, 5) is 14.0. The third kappa shape index (κ3) is 3.26. The molecule has 0 aliphatic carbocycles. The molecule has 2 rings (SSSR count). The van der Waals surface area contributed by atoms with Crippen molar-refractivity contribution in [2.45, 2.75) is 38.8 Å². The fourth-order valence-corrected chi connectivity index (χ4v) is 2.42. The van der Waals surface area contributed by atoms with Crippen LogP contribution in [0.3, 0.4) is 0 Å². The van der Waals surface area contributed by atoms with Crippen LogP contribution in [0.25, 0.3) is 0 Å². The van der Waals surface area contributed by atoms with Crippen LogP contribution < -0.4 is 4.74 Å². The van der Waals surface area contributed by atoms with Gasteiger partial charge in [0.15, 0.2) is 6.10 Å². The Morgan fingerprint density at radius 1 is 1.47 bits per heavy atom. The van der Waals surface area contributed by atoms with Crippen molar-refractivity contribution in [3.8, 4) is 5.75 Å². The fourth-order valence-electron chi connectivity index (χ4n) is 2.42. The lowest BCUT2D eigenvalue weighted by Crippen LogP contribution is -2.44. The van der Waals surface area contributed by atoms with Crippen molar-refractivity contribution in [2.24, 2.45) is 0 Å². The molecule has 0 bridgehead atoms. The molecule has 0 saturated carbocycles. The second kappa shape index (κ2) is 6.06. The summed E-state index contributed by atoms with van der Waals surface area (Å²) in [7, 11) is 0.